The van der Waals surface area contributed by atoms with Crippen LogP contribution in [-0.4, -0.2) is 9.97 Å². The van der Waals surface area contributed by atoms with Crippen molar-refractivity contribution in [3.05, 3.63) is 57.6 Å². The molecule has 3 nitrogen and oxygen atoms in total. The predicted molar refractivity (Wildman–Crippen MR) is 88.0 cm³/mol. The van der Waals surface area contributed by atoms with E-state index in [-0.39, 0.29) is 0 Å². The van der Waals surface area contributed by atoms with Crippen LogP contribution in [0.1, 0.15) is 22.9 Å². The fourth-order valence-corrected chi connectivity index (χ4v) is 4.20. The Bertz CT molecular complexity index is 746. The van der Waals surface area contributed by atoms with Gasteiger partial charge in [-0.3, -0.25) is 0 Å². The van der Waals surface area contributed by atoms with E-state index in [9.17, 15) is 0 Å². The second-order valence-corrected chi connectivity index (χ2v) is 6.98. The van der Waals surface area contributed by atoms with Crippen LogP contribution in [0.5, 0.6) is 0 Å². The van der Waals surface area contributed by atoms with Crippen molar-refractivity contribution in [2.24, 2.45) is 0 Å². The van der Waals surface area contributed by atoms with Crippen molar-refractivity contribution in [3.63, 3.8) is 0 Å². The Morgan fingerprint density at radius 1 is 1.29 bits per heavy atom. The van der Waals surface area contributed by atoms with Crippen LogP contribution < -0.4 is 5.32 Å². The predicted octanol–water partition coefficient (Wildman–Crippen LogP) is 4.89. The molecule has 1 aliphatic carbocycles. The van der Waals surface area contributed by atoms with E-state index < -0.39 is 0 Å². The average molecular weight is 316 g/mol. The number of rotatable bonds is 3. The van der Waals surface area contributed by atoms with Crippen LogP contribution in [0.3, 0.4) is 0 Å². The third kappa shape index (κ3) is 2.45. The maximum absolute atomic E-state index is 6.11. The fourth-order valence-electron chi connectivity index (χ4n) is 2.84. The second kappa shape index (κ2) is 5.20. The van der Waals surface area contributed by atoms with Gasteiger partial charge in [0, 0.05) is 10.6 Å². The molecule has 106 valence electrons. The summed E-state index contributed by atoms with van der Waals surface area (Å²) in [6.07, 6.45) is 5.79. The molecule has 5 heteroatoms. The van der Waals surface area contributed by atoms with Crippen molar-refractivity contribution >= 4 is 28.6 Å². The molecule has 0 spiro atoms. The minimum Gasteiger partial charge on any atom is -0.378 e. The molecule has 0 aliphatic heterocycles. The van der Waals surface area contributed by atoms with E-state index in [0.717, 1.165) is 34.1 Å². The number of nitrogens with zero attached hydrogens (tertiary/aromatic N) is 1. The van der Waals surface area contributed by atoms with Gasteiger partial charge in [-0.05, 0) is 42.2 Å². The van der Waals surface area contributed by atoms with Crippen molar-refractivity contribution in [1.29, 1.82) is 0 Å². The fraction of sp³-hybridized carbons (Fsp3) is 0.188. The van der Waals surface area contributed by atoms with Gasteiger partial charge in [-0.2, -0.15) is 0 Å². The summed E-state index contributed by atoms with van der Waals surface area (Å²) in [7, 11) is 0. The van der Waals surface area contributed by atoms with E-state index in [0.29, 0.717) is 6.04 Å². The molecule has 1 aliphatic rings. The van der Waals surface area contributed by atoms with Crippen molar-refractivity contribution in [1.82, 2.24) is 9.97 Å². The molecule has 2 heterocycles. The quantitative estimate of drug-likeness (QED) is 0.722. The zero-order valence-electron chi connectivity index (χ0n) is 11.3. The summed E-state index contributed by atoms with van der Waals surface area (Å²) in [5, 5.41) is 3.61. The molecule has 0 amide bonds. The standard InChI is InChI=1S/C16H14ClN3S/c17-16-7-12-13(5-6-15(12)21-16)20-11-3-1-10(2-4-11)14-8-18-9-19-14/h1-4,7-9,13,20H,5-6H2,(H,18,19). The number of anilines is 1. The van der Waals surface area contributed by atoms with Crippen molar-refractivity contribution in [2.45, 2.75) is 18.9 Å². The number of halogens is 1. The zero-order chi connectivity index (χ0) is 14.2. The maximum atomic E-state index is 6.11. The first kappa shape index (κ1) is 12.9. The number of fused-ring (bicyclic) bond motifs is 1. The summed E-state index contributed by atoms with van der Waals surface area (Å²) < 4.78 is 0.890. The molecular formula is C16H14ClN3S. The minimum atomic E-state index is 0.377. The molecule has 2 N–H and O–H groups in total. The monoisotopic (exact) mass is 315 g/mol. The number of H-pyrrole nitrogens is 1. The molecule has 21 heavy (non-hydrogen) atoms. The van der Waals surface area contributed by atoms with Crippen molar-refractivity contribution < 1.29 is 0 Å². The number of aromatic nitrogens is 2. The first-order valence-corrected chi connectivity index (χ1v) is 8.12. The molecule has 0 saturated heterocycles. The van der Waals surface area contributed by atoms with Crippen LogP contribution in [0.2, 0.25) is 4.34 Å². The normalized spacial score (nSPS) is 16.9. The lowest BCUT2D eigenvalue weighted by molar-refractivity contribution is 0.762. The molecule has 0 saturated carbocycles. The van der Waals surface area contributed by atoms with Crippen molar-refractivity contribution in [3.8, 4) is 11.3 Å². The summed E-state index contributed by atoms with van der Waals surface area (Å²) in [4.78, 5) is 8.59. The smallest absolute Gasteiger partial charge is 0.0934 e. The summed E-state index contributed by atoms with van der Waals surface area (Å²) in [6.45, 7) is 0. The Morgan fingerprint density at radius 2 is 2.14 bits per heavy atom. The molecule has 2 aromatic heterocycles. The zero-order valence-corrected chi connectivity index (χ0v) is 12.8. The number of benzene rings is 1. The molecule has 4 rings (SSSR count). The summed E-state index contributed by atoms with van der Waals surface area (Å²) in [6, 6.07) is 10.9. The van der Waals surface area contributed by atoms with E-state index >= 15 is 0 Å². The number of aryl methyl sites for hydroxylation is 1. The van der Waals surface area contributed by atoms with Gasteiger partial charge in [-0.15, -0.1) is 11.3 Å². The van der Waals surface area contributed by atoms with Crippen LogP contribution >= 0.6 is 22.9 Å². The summed E-state index contributed by atoms with van der Waals surface area (Å²) in [5.74, 6) is 0. The highest BCUT2D eigenvalue weighted by atomic mass is 35.5. The largest absolute Gasteiger partial charge is 0.378 e. The Labute approximate surface area is 132 Å². The molecule has 0 radical (unpaired) electrons. The highest BCUT2D eigenvalue weighted by Gasteiger charge is 2.24. The van der Waals surface area contributed by atoms with Gasteiger partial charge in [0.25, 0.3) is 0 Å². The lowest BCUT2D eigenvalue weighted by Crippen LogP contribution is -2.06. The summed E-state index contributed by atoms with van der Waals surface area (Å²) in [5.41, 5.74) is 4.68. The Hall–Kier alpha value is -1.78. The van der Waals surface area contributed by atoms with Crippen molar-refractivity contribution in [2.75, 3.05) is 5.32 Å². The molecule has 0 bridgehead atoms. The number of nitrogens with one attached hydrogen (secondary N) is 2. The number of hydrogen-bond acceptors (Lipinski definition) is 3. The van der Waals surface area contributed by atoms with E-state index in [2.05, 4.69) is 45.6 Å². The van der Waals surface area contributed by atoms with Crippen LogP contribution in [0, 0.1) is 0 Å². The van der Waals surface area contributed by atoms with Crippen LogP contribution in [0.15, 0.2) is 42.9 Å². The number of hydrogen-bond donors (Lipinski definition) is 2. The number of imidazole rings is 1. The Kier molecular flexibility index (Phi) is 3.20. The molecule has 0 fully saturated rings. The SMILES string of the molecule is Clc1cc2c(s1)CCC2Nc1ccc(-c2cnc[nH]2)cc1. The molecular weight excluding hydrogens is 302 g/mol. The molecule has 3 aromatic rings. The van der Waals surface area contributed by atoms with Gasteiger partial charge in [0.05, 0.1) is 28.6 Å². The van der Waals surface area contributed by atoms with Gasteiger partial charge in [0.2, 0.25) is 0 Å². The Morgan fingerprint density at radius 3 is 2.90 bits per heavy atom. The van der Waals surface area contributed by atoms with E-state index in [4.69, 9.17) is 11.6 Å². The third-order valence-corrected chi connectivity index (χ3v) is 5.22. The molecule has 1 unspecified atom stereocenters. The Balaban J connectivity index is 1.53. The van der Waals surface area contributed by atoms with Gasteiger partial charge in [-0.1, -0.05) is 23.7 Å². The van der Waals surface area contributed by atoms with Crippen LogP contribution in [0.25, 0.3) is 11.3 Å². The topological polar surface area (TPSA) is 40.7 Å². The average Bonchev–Trinajstić information content (AvgIpc) is 3.19. The molecule has 1 atom stereocenters. The van der Waals surface area contributed by atoms with Gasteiger partial charge >= 0.3 is 0 Å². The third-order valence-electron chi connectivity index (χ3n) is 3.88. The van der Waals surface area contributed by atoms with Gasteiger partial charge in [0.15, 0.2) is 0 Å². The highest BCUT2D eigenvalue weighted by Crippen LogP contribution is 2.40. The van der Waals surface area contributed by atoms with Gasteiger partial charge in [0.1, 0.15) is 0 Å². The number of aromatic amines is 1. The maximum Gasteiger partial charge on any atom is 0.0934 e. The lowest BCUT2D eigenvalue weighted by atomic mass is 10.1. The minimum absolute atomic E-state index is 0.377. The van der Waals surface area contributed by atoms with E-state index in [1.807, 2.05) is 6.20 Å². The second-order valence-electron chi connectivity index (χ2n) is 5.21. The first-order chi connectivity index (χ1) is 10.3. The highest BCUT2D eigenvalue weighted by molar-refractivity contribution is 7.16. The van der Waals surface area contributed by atoms with E-state index in [1.54, 1.807) is 17.7 Å². The van der Waals surface area contributed by atoms with Crippen LogP contribution in [0.4, 0.5) is 5.69 Å². The first-order valence-electron chi connectivity index (χ1n) is 6.93. The number of thiophene rings is 1. The lowest BCUT2D eigenvalue weighted by Gasteiger charge is -2.14. The van der Waals surface area contributed by atoms with Gasteiger partial charge in [-0.25, -0.2) is 4.98 Å². The van der Waals surface area contributed by atoms with Gasteiger partial charge < -0.3 is 10.3 Å². The summed E-state index contributed by atoms with van der Waals surface area (Å²) >= 11 is 7.81. The van der Waals surface area contributed by atoms with Crippen LogP contribution in [-0.2, 0) is 6.42 Å². The molecule has 1 aromatic carbocycles. The van der Waals surface area contributed by atoms with E-state index in [1.165, 1.54) is 10.4 Å².